The van der Waals surface area contributed by atoms with E-state index in [1.807, 2.05) is 0 Å². The predicted molar refractivity (Wildman–Crippen MR) is 130 cm³/mol. The van der Waals surface area contributed by atoms with Crippen LogP contribution in [0.4, 0.5) is 0 Å². The lowest BCUT2D eigenvalue weighted by Gasteiger charge is -2.24. The Labute approximate surface area is 209 Å². The van der Waals surface area contributed by atoms with Gasteiger partial charge in [0.1, 0.15) is 18.1 Å². The number of unbranched alkanes of at least 4 members (excludes halogenated alkanes) is 1. The maximum atomic E-state index is 13.0. The Hall–Kier alpha value is -3.46. The molecule has 12 N–H and O–H groups in total. The Morgan fingerprint density at radius 1 is 0.917 bits per heavy atom. The molecule has 0 aliphatic carbocycles. The second-order valence-electron chi connectivity index (χ2n) is 8.50. The Morgan fingerprint density at radius 2 is 1.56 bits per heavy atom. The molecular weight excluding hydrogens is 476 g/mol. The van der Waals surface area contributed by atoms with E-state index in [1.54, 1.807) is 0 Å². The smallest absolute Gasteiger partial charge is 0.326 e. The van der Waals surface area contributed by atoms with Crippen LogP contribution in [0.25, 0.3) is 0 Å². The molecule has 0 aromatic heterocycles. The van der Waals surface area contributed by atoms with Gasteiger partial charge in [-0.05, 0) is 58.0 Å². The molecule has 3 amide bonds. The highest BCUT2D eigenvalue weighted by molar-refractivity contribution is 5.95. The van der Waals surface area contributed by atoms with Gasteiger partial charge in [0.2, 0.25) is 17.7 Å². The number of aliphatic carboxylic acids is 2. The first-order valence-electron chi connectivity index (χ1n) is 11.9. The number of carboxylic acid groups (broad SMARTS) is 2. The second-order valence-corrected chi connectivity index (χ2v) is 8.50. The lowest BCUT2D eigenvalue weighted by molar-refractivity contribution is -0.143. The molecule has 1 saturated heterocycles. The SMILES string of the molecule is NCCCCC(NC(=O)C1CCCN1)C(=O)NC(CC(=O)O)C(=O)NC(CCCN=C(N)N)C(=O)O. The summed E-state index contributed by atoms with van der Waals surface area (Å²) in [4.78, 5) is 64.9. The van der Waals surface area contributed by atoms with Crippen LogP contribution >= 0.6 is 0 Å². The quantitative estimate of drug-likeness (QED) is 0.0534. The van der Waals surface area contributed by atoms with Gasteiger partial charge in [0.15, 0.2) is 5.96 Å². The number of nitrogens with zero attached hydrogens (tertiary/aromatic N) is 1. The molecule has 0 saturated carbocycles. The van der Waals surface area contributed by atoms with Crippen molar-refractivity contribution in [1.29, 1.82) is 0 Å². The Kier molecular flexibility index (Phi) is 13.8. The van der Waals surface area contributed by atoms with Gasteiger partial charge in [-0.3, -0.25) is 24.2 Å². The molecule has 204 valence electrons. The summed E-state index contributed by atoms with van der Waals surface area (Å²) in [5.74, 6) is -4.99. The van der Waals surface area contributed by atoms with Crippen molar-refractivity contribution in [2.24, 2.45) is 22.2 Å². The van der Waals surface area contributed by atoms with Gasteiger partial charge >= 0.3 is 11.9 Å². The number of aliphatic imine (C=N–C) groups is 1. The Balaban J connectivity index is 2.88. The summed E-state index contributed by atoms with van der Waals surface area (Å²) in [7, 11) is 0. The number of rotatable bonds is 17. The third-order valence-corrected chi connectivity index (χ3v) is 5.53. The van der Waals surface area contributed by atoms with E-state index in [1.165, 1.54) is 0 Å². The molecule has 1 aliphatic rings. The van der Waals surface area contributed by atoms with Crippen LogP contribution in [0.5, 0.6) is 0 Å². The van der Waals surface area contributed by atoms with E-state index >= 15 is 0 Å². The second kappa shape index (κ2) is 16.3. The molecule has 0 aromatic rings. The maximum absolute atomic E-state index is 13.0. The van der Waals surface area contributed by atoms with Crippen molar-refractivity contribution in [3.05, 3.63) is 0 Å². The van der Waals surface area contributed by atoms with Crippen LogP contribution < -0.4 is 38.5 Å². The van der Waals surface area contributed by atoms with Crippen molar-refractivity contribution in [3.8, 4) is 0 Å². The normalized spacial score (nSPS) is 17.3. The van der Waals surface area contributed by atoms with Crippen molar-refractivity contribution >= 4 is 35.6 Å². The summed E-state index contributed by atoms with van der Waals surface area (Å²) in [5, 5.41) is 28.9. The first-order chi connectivity index (χ1) is 17.0. The third kappa shape index (κ3) is 11.8. The molecule has 0 spiro atoms. The molecule has 4 atom stereocenters. The fourth-order valence-electron chi connectivity index (χ4n) is 3.63. The van der Waals surface area contributed by atoms with Crippen LogP contribution in [0.15, 0.2) is 4.99 Å². The van der Waals surface area contributed by atoms with Gasteiger partial charge in [-0.15, -0.1) is 0 Å². The highest BCUT2D eigenvalue weighted by Crippen LogP contribution is 2.08. The fourth-order valence-corrected chi connectivity index (χ4v) is 3.63. The molecule has 15 nitrogen and oxygen atoms in total. The molecule has 1 rings (SSSR count). The first-order valence-corrected chi connectivity index (χ1v) is 11.9. The van der Waals surface area contributed by atoms with Crippen molar-refractivity contribution in [3.63, 3.8) is 0 Å². The zero-order valence-electron chi connectivity index (χ0n) is 20.2. The van der Waals surface area contributed by atoms with Crippen molar-refractivity contribution in [2.45, 2.75) is 75.5 Å². The molecule has 0 aromatic carbocycles. The van der Waals surface area contributed by atoms with Crippen molar-refractivity contribution in [2.75, 3.05) is 19.6 Å². The standard InChI is InChI=1S/C21H38N8O7/c22-8-2-1-5-13(27-17(32)12-6-3-9-25-12)18(33)29-15(11-16(30)31)19(34)28-14(20(35)36)7-4-10-26-21(23)24/h12-15,25H,1-11,22H2,(H,27,32)(H,28,34)(H,29,33)(H,30,31)(H,35,36)(H4,23,24,26). The van der Waals surface area contributed by atoms with Gasteiger partial charge in [-0.2, -0.15) is 0 Å². The van der Waals surface area contributed by atoms with Gasteiger partial charge in [0.05, 0.1) is 12.5 Å². The molecule has 36 heavy (non-hydrogen) atoms. The van der Waals surface area contributed by atoms with E-state index < -0.39 is 54.3 Å². The van der Waals surface area contributed by atoms with E-state index in [0.717, 1.165) is 6.42 Å². The van der Waals surface area contributed by atoms with E-state index in [2.05, 4.69) is 26.3 Å². The lowest BCUT2D eigenvalue weighted by atomic mass is 10.1. The molecule has 1 heterocycles. The van der Waals surface area contributed by atoms with Gasteiger partial charge in [0, 0.05) is 6.54 Å². The monoisotopic (exact) mass is 514 g/mol. The number of carbonyl (C=O) groups is 5. The van der Waals surface area contributed by atoms with Gasteiger partial charge < -0.3 is 48.7 Å². The third-order valence-electron chi connectivity index (χ3n) is 5.53. The van der Waals surface area contributed by atoms with Crippen LogP contribution in [0.1, 0.15) is 51.4 Å². The number of guanidine groups is 1. The summed E-state index contributed by atoms with van der Waals surface area (Å²) in [6.07, 6.45) is 2.19. The highest BCUT2D eigenvalue weighted by atomic mass is 16.4. The first kappa shape index (κ1) is 30.6. The van der Waals surface area contributed by atoms with Crippen LogP contribution in [-0.4, -0.2) is 89.6 Å². The molecule has 4 unspecified atom stereocenters. The van der Waals surface area contributed by atoms with Gasteiger partial charge in [-0.25, -0.2) is 4.79 Å². The average Bonchev–Trinajstić information content (AvgIpc) is 3.34. The Bertz CT molecular complexity index is 797. The summed E-state index contributed by atoms with van der Waals surface area (Å²) >= 11 is 0. The van der Waals surface area contributed by atoms with Gasteiger partial charge in [0.25, 0.3) is 0 Å². The fraction of sp³-hybridized carbons (Fsp3) is 0.714. The molecule has 1 aliphatic heterocycles. The molecular formula is C21H38N8O7. The number of nitrogens with one attached hydrogen (secondary N) is 4. The summed E-state index contributed by atoms with van der Waals surface area (Å²) in [6.45, 7) is 1.20. The minimum Gasteiger partial charge on any atom is -0.481 e. The number of amides is 3. The summed E-state index contributed by atoms with van der Waals surface area (Å²) in [5.41, 5.74) is 16.0. The van der Waals surface area contributed by atoms with Crippen LogP contribution in [0.2, 0.25) is 0 Å². The highest BCUT2D eigenvalue weighted by Gasteiger charge is 2.32. The topological polar surface area (TPSA) is 264 Å². The van der Waals surface area contributed by atoms with Crippen molar-refractivity contribution in [1.82, 2.24) is 21.3 Å². The molecule has 0 radical (unpaired) electrons. The van der Waals surface area contributed by atoms with E-state index in [9.17, 15) is 34.2 Å². The van der Waals surface area contributed by atoms with Crippen LogP contribution in [0, 0.1) is 0 Å². The van der Waals surface area contributed by atoms with E-state index in [-0.39, 0.29) is 37.7 Å². The van der Waals surface area contributed by atoms with Crippen LogP contribution in [-0.2, 0) is 24.0 Å². The predicted octanol–water partition coefficient (Wildman–Crippen LogP) is -3.07. The maximum Gasteiger partial charge on any atom is 0.326 e. The number of carboxylic acids is 2. The molecule has 0 bridgehead atoms. The van der Waals surface area contributed by atoms with Crippen molar-refractivity contribution < 1.29 is 34.2 Å². The lowest BCUT2D eigenvalue weighted by Crippen LogP contribution is -2.57. The average molecular weight is 515 g/mol. The van der Waals surface area contributed by atoms with E-state index in [0.29, 0.717) is 32.4 Å². The van der Waals surface area contributed by atoms with E-state index in [4.69, 9.17) is 17.2 Å². The Morgan fingerprint density at radius 3 is 2.11 bits per heavy atom. The molecule has 1 fully saturated rings. The number of nitrogens with two attached hydrogens (primary N) is 3. The van der Waals surface area contributed by atoms with Gasteiger partial charge in [-0.1, -0.05) is 0 Å². The summed E-state index contributed by atoms with van der Waals surface area (Å²) in [6, 6.07) is -4.38. The zero-order chi connectivity index (χ0) is 27.1. The minimum atomic E-state index is -1.56. The number of carbonyl (C=O) groups excluding carboxylic acids is 3. The zero-order valence-corrected chi connectivity index (χ0v) is 20.2. The minimum absolute atomic E-state index is 0.0300. The number of hydrogen-bond donors (Lipinski definition) is 9. The number of hydrogen-bond acceptors (Lipinski definition) is 8. The van der Waals surface area contributed by atoms with Crippen LogP contribution in [0.3, 0.4) is 0 Å². The largest absolute Gasteiger partial charge is 0.481 e. The summed E-state index contributed by atoms with van der Waals surface area (Å²) < 4.78 is 0. The molecule has 15 heteroatoms.